The maximum atomic E-state index is 12.9. The number of carbonyl (C=O) groups excluding carboxylic acids is 1. The van der Waals surface area contributed by atoms with Gasteiger partial charge in [-0.25, -0.2) is 0 Å². The summed E-state index contributed by atoms with van der Waals surface area (Å²) in [6, 6.07) is 6.51. The van der Waals surface area contributed by atoms with Gasteiger partial charge in [-0.15, -0.1) is 22.7 Å². The van der Waals surface area contributed by atoms with Crippen LogP contribution in [0.1, 0.15) is 36.0 Å². The van der Waals surface area contributed by atoms with E-state index in [1.807, 2.05) is 16.2 Å². The van der Waals surface area contributed by atoms with E-state index < -0.39 is 0 Å². The van der Waals surface area contributed by atoms with Crippen molar-refractivity contribution >= 4 is 28.6 Å². The molecule has 0 N–H and O–H groups in total. The molecule has 0 radical (unpaired) electrons. The van der Waals surface area contributed by atoms with Gasteiger partial charge in [0.05, 0.1) is 17.6 Å². The van der Waals surface area contributed by atoms with Gasteiger partial charge in [-0.05, 0) is 44.7 Å². The number of piperazine rings is 1. The molecule has 4 rings (SSSR count). The van der Waals surface area contributed by atoms with Crippen molar-refractivity contribution in [1.29, 1.82) is 0 Å². The van der Waals surface area contributed by atoms with Gasteiger partial charge in [0.1, 0.15) is 0 Å². The molecule has 2 aromatic rings. The summed E-state index contributed by atoms with van der Waals surface area (Å²) in [5.41, 5.74) is 1.19. The maximum Gasteiger partial charge on any atom is 0.264 e. The molecule has 1 atom stereocenters. The van der Waals surface area contributed by atoms with Crippen LogP contribution in [0.3, 0.4) is 0 Å². The number of hydrogen-bond donors (Lipinski definition) is 0. The van der Waals surface area contributed by atoms with Crippen molar-refractivity contribution in [2.24, 2.45) is 0 Å². The fourth-order valence-corrected chi connectivity index (χ4v) is 5.88. The predicted molar refractivity (Wildman–Crippen MR) is 115 cm³/mol. The zero-order valence-corrected chi connectivity index (χ0v) is 18.6. The van der Waals surface area contributed by atoms with Gasteiger partial charge < -0.3 is 14.5 Å². The molecule has 2 saturated heterocycles. The molecule has 28 heavy (non-hydrogen) atoms. The number of amides is 1. The Labute approximate surface area is 175 Å². The summed E-state index contributed by atoms with van der Waals surface area (Å²) in [7, 11) is 2.11. The second-order valence-electron chi connectivity index (χ2n) is 7.82. The van der Waals surface area contributed by atoms with E-state index in [-0.39, 0.29) is 12.0 Å². The van der Waals surface area contributed by atoms with Gasteiger partial charge in [0.2, 0.25) is 0 Å². The molecule has 1 unspecified atom stereocenters. The summed E-state index contributed by atoms with van der Waals surface area (Å²) >= 11 is 3.49. The quantitative estimate of drug-likeness (QED) is 0.761. The molecule has 4 heterocycles. The highest BCUT2D eigenvalue weighted by atomic mass is 32.1. The molecule has 2 aliphatic heterocycles. The third-order valence-electron chi connectivity index (χ3n) is 5.63. The minimum absolute atomic E-state index is 0.0556. The third kappa shape index (κ3) is 4.49. The van der Waals surface area contributed by atoms with Crippen molar-refractivity contribution in [2.75, 3.05) is 52.9 Å². The number of ether oxygens (including phenoxy) is 1. The molecule has 2 fully saturated rings. The van der Waals surface area contributed by atoms with Crippen molar-refractivity contribution in [2.45, 2.75) is 26.5 Å². The van der Waals surface area contributed by atoms with E-state index >= 15 is 0 Å². The van der Waals surface area contributed by atoms with Gasteiger partial charge in [-0.3, -0.25) is 9.69 Å². The molecule has 5 nitrogen and oxygen atoms in total. The number of likely N-dealkylation sites (N-methyl/N-ethyl adjacent to an activating group) is 1. The van der Waals surface area contributed by atoms with Gasteiger partial charge in [-0.1, -0.05) is 0 Å². The molecule has 1 amide bonds. The van der Waals surface area contributed by atoms with E-state index in [2.05, 4.69) is 48.9 Å². The number of carbonyl (C=O) groups is 1. The molecule has 0 aromatic carbocycles. The summed E-state index contributed by atoms with van der Waals surface area (Å²) < 4.78 is 6.11. The second kappa shape index (κ2) is 8.63. The zero-order valence-electron chi connectivity index (χ0n) is 16.9. The summed E-state index contributed by atoms with van der Waals surface area (Å²) in [6.07, 6.45) is 0.0556. The Morgan fingerprint density at radius 2 is 1.93 bits per heavy atom. The number of morpholine rings is 1. The van der Waals surface area contributed by atoms with Crippen LogP contribution in [-0.2, 0) is 11.3 Å². The average Bonchev–Trinajstić information content (AvgIpc) is 3.27. The van der Waals surface area contributed by atoms with Gasteiger partial charge in [0.25, 0.3) is 5.91 Å². The van der Waals surface area contributed by atoms with E-state index in [1.165, 1.54) is 20.2 Å². The van der Waals surface area contributed by atoms with Gasteiger partial charge in [-0.2, -0.15) is 0 Å². The smallest absolute Gasteiger partial charge is 0.264 e. The lowest BCUT2D eigenvalue weighted by molar-refractivity contribution is -0.0326. The first-order chi connectivity index (χ1) is 13.5. The standard InChI is InChI=1S/C21H29N3O2S2/c1-15-4-5-17(27-15)13-23-10-11-26-19(14-23)18-12-20(28-16(18)2)21(25)24-8-6-22(3)7-9-24/h4-5,12,19H,6-11,13-14H2,1-3H3. The van der Waals surface area contributed by atoms with Crippen LogP contribution < -0.4 is 0 Å². The highest BCUT2D eigenvalue weighted by Crippen LogP contribution is 2.32. The van der Waals surface area contributed by atoms with Crippen LogP contribution >= 0.6 is 22.7 Å². The van der Waals surface area contributed by atoms with Crippen molar-refractivity contribution < 1.29 is 9.53 Å². The first kappa shape index (κ1) is 20.0. The van der Waals surface area contributed by atoms with Crippen LogP contribution in [0.2, 0.25) is 0 Å². The highest BCUT2D eigenvalue weighted by Gasteiger charge is 2.28. The molecule has 0 saturated carbocycles. The van der Waals surface area contributed by atoms with Crippen molar-refractivity contribution in [3.05, 3.63) is 43.3 Å². The molecule has 2 aliphatic rings. The summed E-state index contributed by atoms with van der Waals surface area (Å²) in [5.74, 6) is 0.175. The molecule has 152 valence electrons. The Kier molecular flexibility index (Phi) is 6.18. The Balaban J connectivity index is 1.43. The first-order valence-corrected chi connectivity index (χ1v) is 11.6. The monoisotopic (exact) mass is 419 g/mol. The van der Waals surface area contributed by atoms with E-state index in [9.17, 15) is 4.79 Å². The fraction of sp³-hybridized carbons (Fsp3) is 0.571. The minimum atomic E-state index is 0.0556. The van der Waals surface area contributed by atoms with Gasteiger partial charge >= 0.3 is 0 Å². The molecule has 0 aliphatic carbocycles. The van der Waals surface area contributed by atoms with E-state index in [4.69, 9.17) is 4.74 Å². The lowest BCUT2D eigenvalue weighted by atomic mass is 10.1. The van der Waals surface area contributed by atoms with Crippen molar-refractivity contribution in [1.82, 2.24) is 14.7 Å². The Morgan fingerprint density at radius 1 is 1.14 bits per heavy atom. The molecule has 0 spiro atoms. The Bertz CT molecular complexity index is 823. The topological polar surface area (TPSA) is 36.0 Å². The SMILES string of the molecule is Cc1ccc(CN2CCOC(c3cc(C(=O)N4CCN(C)CC4)sc3C)C2)s1. The Hall–Kier alpha value is -1.25. The average molecular weight is 420 g/mol. The second-order valence-corrected chi connectivity index (χ2v) is 10.5. The highest BCUT2D eigenvalue weighted by molar-refractivity contribution is 7.14. The summed E-state index contributed by atoms with van der Waals surface area (Å²) in [6.45, 7) is 11.4. The third-order valence-corrected chi connectivity index (χ3v) is 7.67. The van der Waals surface area contributed by atoms with E-state index in [0.717, 1.165) is 57.3 Å². The van der Waals surface area contributed by atoms with E-state index in [1.54, 1.807) is 11.3 Å². The molecule has 2 aromatic heterocycles. The number of rotatable bonds is 4. The lowest BCUT2D eigenvalue weighted by Gasteiger charge is -2.33. The van der Waals surface area contributed by atoms with Crippen LogP contribution in [0.25, 0.3) is 0 Å². The van der Waals surface area contributed by atoms with Crippen LogP contribution in [-0.4, -0.2) is 73.5 Å². The zero-order chi connectivity index (χ0) is 19.7. The number of aryl methyl sites for hydroxylation is 2. The van der Waals surface area contributed by atoms with Crippen LogP contribution in [0, 0.1) is 13.8 Å². The number of thiophene rings is 2. The normalized spacial score (nSPS) is 22.0. The predicted octanol–water partition coefficient (Wildman–Crippen LogP) is 3.39. The van der Waals surface area contributed by atoms with Gasteiger partial charge in [0.15, 0.2) is 0 Å². The van der Waals surface area contributed by atoms with Crippen LogP contribution in [0.15, 0.2) is 18.2 Å². The fourth-order valence-electron chi connectivity index (χ4n) is 3.91. The molecular formula is C21H29N3O2S2. The minimum Gasteiger partial charge on any atom is -0.371 e. The first-order valence-electron chi connectivity index (χ1n) is 9.97. The summed E-state index contributed by atoms with van der Waals surface area (Å²) in [5, 5.41) is 0. The van der Waals surface area contributed by atoms with Crippen molar-refractivity contribution in [3.8, 4) is 0 Å². The molecule has 7 heteroatoms. The number of hydrogen-bond acceptors (Lipinski definition) is 6. The van der Waals surface area contributed by atoms with Gasteiger partial charge in [0, 0.05) is 60.4 Å². The van der Waals surface area contributed by atoms with Crippen molar-refractivity contribution in [3.63, 3.8) is 0 Å². The van der Waals surface area contributed by atoms with Crippen LogP contribution in [0.4, 0.5) is 0 Å². The number of nitrogens with zero attached hydrogens (tertiary/aromatic N) is 3. The lowest BCUT2D eigenvalue weighted by Crippen LogP contribution is -2.46. The largest absolute Gasteiger partial charge is 0.371 e. The maximum absolute atomic E-state index is 12.9. The Morgan fingerprint density at radius 3 is 2.64 bits per heavy atom. The van der Waals surface area contributed by atoms with Crippen LogP contribution in [0.5, 0.6) is 0 Å². The summed E-state index contributed by atoms with van der Waals surface area (Å²) in [4.78, 5) is 24.5. The molecule has 0 bridgehead atoms. The molecular weight excluding hydrogens is 390 g/mol. The van der Waals surface area contributed by atoms with E-state index in [0.29, 0.717) is 0 Å².